The summed E-state index contributed by atoms with van der Waals surface area (Å²) < 4.78 is 11.1. The van der Waals surface area contributed by atoms with Crippen molar-refractivity contribution >= 4 is 5.91 Å². The normalized spacial score (nSPS) is 21.5. The Bertz CT molecular complexity index is 723. The number of hydrogen-bond donors (Lipinski definition) is 0. The van der Waals surface area contributed by atoms with Crippen molar-refractivity contribution in [2.24, 2.45) is 0 Å². The smallest absolute Gasteiger partial charge is 0.292 e. The van der Waals surface area contributed by atoms with Crippen LogP contribution in [0.4, 0.5) is 0 Å². The van der Waals surface area contributed by atoms with E-state index in [1.165, 1.54) is 11.1 Å². The zero-order valence-corrected chi connectivity index (χ0v) is 14.0. The zero-order chi connectivity index (χ0) is 16.6. The first-order chi connectivity index (χ1) is 11.0. The molecule has 0 N–H and O–H groups in total. The van der Waals surface area contributed by atoms with Crippen molar-refractivity contribution in [1.29, 1.82) is 0 Å². The molecular weight excluding hydrogens is 292 g/mol. The van der Waals surface area contributed by atoms with E-state index in [4.69, 9.17) is 9.26 Å². The predicted octanol–water partition coefficient (Wildman–Crippen LogP) is 3.20. The fraction of sp³-hybridized carbons (Fsp3) is 0.444. The van der Waals surface area contributed by atoms with Crippen LogP contribution in [-0.2, 0) is 4.74 Å². The average molecular weight is 314 g/mol. The topological polar surface area (TPSA) is 55.6 Å². The summed E-state index contributed by atoms with van der Waals surface area (Å²) in [7, 11) is 0. The Morgan fingerprint density at radius 2 is 2.04 bits per heavy atom. The Hall–Kier alpha value is -2.14. The van der Waals surface area contributed by atoms with E-state index in [9.17, 15) is 4.79 Å². The SMILES string of the molecule is Cc1ccc(C)c([C@@H]2CN(C(=O)c3cc(C)no3)[C@H](C)CO2)c1. The summed E-state index contributed by atoms with van der Waals surface area (Å²) in [6, 6.07) is 8.01. The molecule has 1 fully saturated rings. The second-order valence-corrected chi connectivity index (χ2v) is 6.32. The molecule has 1 saturated heterocycles. The molecular formula is C18H22N2O3. The monoisotopic (exact) mass is 314 g/mol. The van der Waals surface area contributed by atoms with Gasteiger partial charge in [0.15, 0.2) is 0 Å². The van der Waals surface area contributed by atoms with Gasteiger partial charge in [-0.15, -0.1) is 0 Å². The van der Waals surface area contributed by atoms with Crippen LogP contribution in [0.5, 0.6) is 0 Å². The second-order valence-electron chi connectivity index (χ2n) is 6.32. The Kier molecular flexibility index (Phi) is 4.22. The summed E-state index contributed by atoms with van der Waals surface area (Å²) in [4.78, 5) is 14.5. The number of ether oxygens (including phenoxy) is 1. The van der Waals surface area contributed by atoms with Crippen LogP contribution in [0.15, 0.2) is 28.8 Å². The van der Waals surface area contributed by atoms with E-state index in [2.05, 4.69) is 37.2 Å². The van der Waals surface area contributed by atoms with Crippen LogP contribution in [0.1, 0.15) is 46.0 Å². The van der Waals surface area contributed by atoms with Gasteiger partial charge in [-0.1, -0.05) is 28.9 Å². The average Bonchev–Trinajstić information content (AvgIpc) is 2.96. The quantitative estimate of drug-likeness (QED) is 0.854. The molecule has 1 aliphatic heterocycles. The fourth-order valence-electron chi connectivity index (χ4n) is 2.94. The van der Waals surface area contributed by atoms with Gasteiger partial charge in [0, 0.05) is 6.07 Å². The van der Waals surface area contributed by atoms with Gasteiger partial charge in [0.1, 0.15) is 6.10 Å². The molecule has 0 saturated carbocycles. The molecule has 3 rings (SSSR count). The van der Waals surface area contributed by atoms with E-state index in [1.807, 2.05) is 18.7 Å². The number of carbonyl (C=O) groups is 1. The lowest BCUT2D eigenvalue weighted by atomic mass is 9.98. The molecule has 5 heteroatoms. The van der Waals surface area contributed by atoms with Crippen molar-refractivity contribution in [3.8, 4) is 0 Å². The van der Waals surface area contributed by atoms with Crippen molar-refractivity contribution in [1.82, 2.24) is 10.1 Å². The first kappa shape index (κ1) is 15.7. The Morgan fingerprint density at radius 1 is 1.26 bits per heavy atom. The standard InChI is InChI=1S/C18H22N2O3/c1-11-5-6-12(2)15(7-11)17-9-20(14(4)10-22-17)18(21)16-8-13(3)19-23-16/h5-8,14,17H,9-10H2,1-4H3/t14-,17+/m1/s1. The minimum absolute atomic E-state index is 0.00858. The zero-order valence-electron chi connectivity index (χ0n) is 14.0. The number of aryl methyl sites for hydroxylation is 3. The van der Waals surface area contributed by atoms with Crippen LogP contribution in [0, 0.1) is 20.8 Å². The number of carbonyl (C=O) groups excluding carboxylic acids is 1. The van der Waals surface area contributed by atoms with Crippen molar-refractivity contribution in [2.75, 3.05) is 13.2 Å². The Morgan fingerprint density at radius 3 is 2.74 bits per heavy atom. The predicted molar refractivity (Wildman–Crippen MR) is 86.3 cm³/mol. The molecule has 1 aliphatic rings. The third-order valence-electron chi connectivity index (χ3n) is 4.31. The van der Waals surface area contributed by atoms with Gasteiger partial charge in [0.2, 0.25) is 5.76 Å². The summed E-state index contributed by atoms with van der Waals surface area (Å²) in [5.74, 6) is 0.160. The molecule has 2 atom stereocenters. The first-order valence-corrected chi connectivity index (χ1v) is 7.88. The van der Waals surface area contributed by atoms with Gasteiger partial charge in [-0.2, -0.15) is 0 Å². The number of benzene rings is 1. The van der Waals surface area contributed by atoms with E-state index in [0.29, 0.717) is 18.8 Å². The molecule has 0 spiro atoms. The van der Waals surface area contributed by atoms with Gasteiger partial charge in [0.25, 0.3) is 5.91 Å². The van der Waals surface area contributed by atoms with Gasteiger partial charge in [-0.05, 0) is 38.8 Å². The Balaban J connectivity index is 1.84. The van der Waals surface area contributed by atoms with Crippen molar-refractivity contribution < 1.29 is 14.1 Å². The molecule has 1 aromatic carbocycles. The number of amides is 1. The molecule has 2 heterocycles. The lowest BCUT2D eigenvalue weighted by molar-refractivity contribution is -0.0499. The summed E-state index contributed by atoms with van der Waals surface area (Å²) in [6.07, 6.45) is -0.112. The van der Waals surface area contributed by atoms with Gasteiger partial charge >= 0.3 is 0 Å². The van der Waals surface area contributed by atoms with Crippen LogP contribution in [-0.4, -0.2) is 35.2 Å². The van der Waals surface area contributed by atoms with E-state index < -0.39 is 0 Å². The molecule has 0 aliphatic carbocycles. The van der Waals surface area contributed by atoms with E-state index in [0.717, 1.165) is 5.56 Å². The number of rotatable bonds is 2. The largest absolute Gasteiger partial charge is 0.370 e. The second kappa shape index (κ2) is 6.16. The highest BCUT2D eigenvalue weighted by Gasteiger charge is 2.33. The van der Waals surface area contributed by atoms with Gasteiger partial charge in [-0.3, -0.25) is 4.79 Å². The van der Waals surface area contributed by atoms with Crippen LogP contribution < -0.4 is 0 Å². The highest BCUT2D eigenvalue weighted by molar-refractivity contribution is 5.91. The molecule has 0 bridgehead atoms. The van der Waals surface area contributed by atoms with Crippen LogP contribution in [0.2, 0.25) is 0 Å². The maximum atomic E-state index is 12.7. The minimum Gasteiger partial charge on any atom is -0.370 e. The van der Waals surface area contributed by atoms with Crippen molar-refractivity contribution in [2.45, 2.75) is 39.8 Å². The first-order valence-electron chi connectivity index (χ1n) is 7.88. The molecule has 0 radical (unpaired) electrons. The van der Waals surface area contributed by atoms with E-state index >= 15 is 0 Å². The van der Waals surface area contributed by atoms with Crippen LogP contribution in [0.3, 0.4) is 0 Å². The third-order valence-corrected chi connectivity index (χ3v) is 4.31. The maximum Gasteiger partial charge on any atom is 0.292 e. The fourth-order valence-corrected chi connectivity index (χ4v) is 2.94. The molecule has 1 aromatic heterocycles. The molecule has 2 aromatic rings. The number of aromatic nitrogens is 1. The molecule has 23 heavy (non-hydrogen) atoms. The summed E-state index contributed by atoms with van der Waals surface area (Å²) >= 11 is 0. The minimum atomic E-state index is -0.128. The summed E-state index contributed by atoms with van der Waals surface area (Å²) in [6.45, 7) is 8.96. The third kappa shape index (κ3) is 3.15. The summed E-state index contributed by atoms with van der Waals surface area (Å²) in [5, 5.41) is 3.81. The summed E-state index contributed by atoms with van der Waals surface area (Å²) in [5.41, 5.74) is 4.22. The van der Waals surface area contributed by atoms with Gasteiger partial charge < -0.3 is 14.2 Å². The lowest BCUT2D eigenvalue weighted by Crippen LogP contribution is -2.48. The maximum absolute atomic E-state index is 12.7. The van der Waals surface area contributed by atoms with E-state index in [-0.39, 0.29) is 23.8 Å². The number of hydrogen-bond acceptors (Lipinski definition) is 4. The van der Waals surface area contributed by atoms with Crippen molar-refractivity contribution in [3.63, 3.8) is 0 Å². The van der Waals surface area contributed by atoms with Gasteiger partial charge in [0.05, 0.1) is 24.9 Å². The Labute approximate surface area is 136 Å². The van der Waals surface area contributed by atoms with Crippen LogP contribution in [0.25, 0.3) is 0 Å². The highest BCUT2D eigenvalue weighted by Crippen LogP contribution is 2.29. The van der Waals surface area contributed by atoms with E-state index in [1.54, 1.807) is 6.07 Å². The highest BCUT2D eigenvalue weighted by atomic mass is 16.5. The van der Waals surface area contributed by atoms with Crippen molar-refractivity contribution in [3.05, 3.63) is 52.4 Å². The van der Waals surface area contributed by atoms with Crippen LogP contribution >= 0.6 is 0 Å². The number of nitrogens with zero attached hydrogens (tertiary/aromatic N) is 2. The lowest BCUT2D eigenvalue weighted by Gasteiger charge is -2.38. The molecule has 0 unspecified atom stereocenters. The molecule has 1 amide bonds. The van der Waals surface area contributed by atoms with Gasteiger partial charge in [-0.25, -0.2) is 0 Å². The molecule has 5 nitrogen and oxygen atoms in total. The number of morpholine rings is 1. The molecule has 122 valence electrons.